The number of rotatable bonds is 8. The third kappa shape index (κ3) is 4.67. The van der Waals surface area contributed by atoms with Crippen molar-refractivity contribution in [3.63, 3.8) is 0 Å². The van der Waals surface area contributed by atoms with Gasteiger partial charge in [-0.2, -0.15) is 0 Å². The molecule has 9 nitrogen and oxygen atoms in total. The molecule has 0 aromatic heterocycles. The predicted molar refractivity (Wildman–Crippen MR) is 132 cm³/mol. The highest BCUT2D eigenvalue weighted by Gasteiger charge is 2.50. The lowest BCUT2D eigenvalue weighted by molar-refractivity contribution is -0.384. The maximum Gasteiger partial charge on any atom is 0.294 e. The largest absolute Gasteiger partial charge is 0.493 e. The van der Waals surface area contributed by atoms with Crippen LogP contribution in [0.25, 0.3) is 0 Å². The number of imide groups is 1. The summed E-state index contributed by atoms with van der Waals surface area (Å²) in [6, 6.07) is 10.2. The zero-order valence-electron chi connectivity index (χ0n) is 20.5. The van der Waals surface area contributed by atoms with E-state index in [1.807, 2.05) is 18.2 Å². The van der Waals surface area contributed by atoms with E-state index in [0.29, 0.717) is 48.9 Å². The average molecular weight is 482 g/mol. The fourth-order valence-electron chi connectivity index (χ4n) is 5.22. The summed E-state index contributed by atoms with van der Waals surface area (Å²) in [4.78, 5) is 40.5. The summed E-state index contributed by atoms with van der Waals surface area (Å²) >= 11 is 0. The summed E-state index contributed by atoms with van der Waals surface area (Å²) in [5.41, 5.74) is 1.55. The number of ether oxygens (including phenoxy) is 2. The maximum absolute atomic E-state index is 13.1. The smallest absolute Gasteiger partial charge is 0.294 e. The Kier molecular flexibility index (Phi) is 6.95. The van der Waals surface area contributed by atoms with Gasteiger partial charge in [-0.3, -0.25) is 19.7 Å². The number of hydrogen-bond acceptors (Lipinski definition) is 7. The second-order valence-corrected chi connectivity index (χ2v) is 9.43. The van der Waals surface area contributed by atoms with Crippen LogP contribution in [0.4, 0.5) is 17.1 Å². The van der Waals surface area contributed by atoms with E-state index in [2.05, 4.69) is 6.92 Å². The molecular weight excluding hydrogens is 450 g/mol. The first kappa shape index (κ1) is 24.5. The van der Waals surface area contributed by atoms with E-state index in [1.165, 1.54) is 6.07 Å². The number of anilines is 2. The van der Waals surface area contributed by atoms with Crippen molar-refractivity contribution in [2.24, 2.45) is 17.8 Å². The summed E-state index contributed by atoms with van der Waals surface area (Å²) in [5, 5.41) is 11.9. The highest BCUT2D eigenvalue weighted by Crippen LogP contribution is 2.43. The Labute approximate surface area is 204 Å². The van der Waals surface area contributed by atoms with Gasteiger partial charge in [0.05, 0.1) is 36.7 Å². The lowest BCUT2D eigenvalue weighted by Crippen LogP contribution is -2.31. The van der Waals surface area contributed by atoms with E-state index in [0.717, 1.165) is 16.9 Å². The second kappa shape index (κ2) is 9.93. The first-order valence-electron chi connectivity index (χ1n) is 11.8. The molecule has 1 aliphatic heterocycles. The van der Waals surface area contributed by atoms with Gasteiger partial charge in [0.25, 0.3) is 5.69 Å². The van der Waals surface area contributed by atoms with Crippen molar-refractivity contribution in [3.8, 4) is 11.5 Å². The molecule has 2 amide bonds. The highest BCUT2D eigenvalue weighted by molar-refractivity contribution is 6.22. The molecule has 1 saturated carbocycles. The summed E-state index contributed by atoms with van der Waals surface area (Å²) in [5.74, 6) is 0.528. The minimum absolute atomic E-state index is 0.138. The first-order chi connectivity index (χ1) is 16.7. The Morgan fingerprint density at radius 1 is 1.03 bits per heavy atom. The van der Waals surface area contributed by atoms with E-state index in [-0.39, 0.29) is 35.0 Å². The normalized spacial score (nSPS) is 21.6. The summed E-state index contributed by atoms with van der Waals surface area (Å²) < 4.78 is 10.6. The molecule has 2 aliphatic rings. The van der Waals surface area contributed by atoms with E-state index >= 15 is 0 Å². The number of hydrogen-bond donors (Lipinski definition) is 0. The van der Waals surface area contributed by atoms with Crippen LogP contribution < -0.4 is 19.3 Å². The van der Waals surface area contributed by atoms with Gasteiger partial charge in [0.15, 0.2) is 11.5 Å². The van der Waals surface area contributed by atoms with E-state index in [1.54, 1.807) is 38.3 Å². The second-order valence-electron chi connectivity index (χ2n) is 9.43. The molecule has 2 fully saturated rings. The van der Waals surface area contributed by atoms with Crippen LogP contribution in [0.1, 0.15) is 31.7 Å². The Morgan fingerprint density at radius 3 is 2.43 bits per heavy atom. The summed E-state index contributed by atoms with van der Waals surface area (Å²) in [6.07, 6.45) is 2.91. The zero-order chi connectivity index (χ0) is 25.3. The third-order valence-electron chi connectivity index (χ3n) is 7.20. The van der Waals surface area contributed by atoms with Crippen LogP contribution >= 0.6 is 0 Å². The Morgan fingerprint density at radius 2 is 1.74 bits per heavy atom. The van der Waals surface area contributed by atoms with E-state index < -0.39 is 4.92 Å². The van der Waals surface area contributed by atoms with Crippen LogP contribution in [0.2, 0.25) is 0 Å². The fraction of sp³-hybridized carbons (Fsp3) is 0.462. The quantitative estimate of drug-likeness (QED) is 0.316. The molecule has 1 saturated heterocycles. The van der Waals surface area contributed by atoms with Crippen molar-refractivity contribution < 1.29 is 24.0 Å². The number of nitrogens with zero attached hydrogens (tertiary/aromatic N) is 3. The van der Waals surface area contributed by atoms with Crippen molar-refractivity contribution >= 4 is 28.9 Å². The minimum atomic E-state index is -0.466. The number of amides is 2. The monoisotopic (exact) mass is 481 g/mol. The summed E-state index contributed by atoms with van der Waals surface area (Å²) in [6.45, 7) is 2.60. The lowest BCUT2D eigenvalue weighted by Gasteiger charge is -2.25. The van der Waals surface area contributed by atoms with Gasteiger partial charge in [-0.05, 0) is 61.4 Å². The van der Waals surface area contributed by atoms with Crippen molar-refractivity contribution in [1.29, 1.82) is 0 Å². The number of nitro benzene ring substituents is 1. The minimum Gasteiger partial charge on any atom is -0.493 e. The summed E-state index contributed by atoms with van der Waals surface area (Å²) in [7, 11) is 4.93. The Balaban J connectivity index is 1.54. The van der Waals surface area contributed by atoms with Crippen LogP contribution in [-0.2, 0) is 16.0 Å². The average Bonchev–Trinajstić information content (AvgIpc) is 3.10. The van der Waals surface area contributed by atoms with E-state index in [4.69, 9.17) is 9.47 Å². The number of likely N-dealkylation sites (N-methyl/N-ethyl adjacent to an activating group) is 1. The topological polar surface area (TPSA) is 102 Å². The molecule has 35 heavy (non-hydrogen) atoms. The maximum atomic E-state index is 13.1. The Hall–Kier alpha value is -3.62. The van der Waals surface area contributed by atoms with Gasteiger partial charge in [-0.25, -0.2) is 4.90 Å². The van der Waals surface area contributed by atoms with Gasteiger partial charge in [0.1, 0.15) is 5.69 Å². The van der Waals surface area contributed by atoms with Crippen LogP contribution in [0.5, 0.6) is 11.5 Å². The van der Waals surface area contributed by atoms with E-state index in [9.17, 15) is 19.7 Å². The molecule has 1 heterocycles. The molecule has 186 valence electrons. The van der Waals surface area contributed by atoms with Gasteiger partial charge in [-0.15, -0.1) is 0 Å². The molecule has 0 N–H and O–H groups in total. The molecule has 0 bridgehead atoms. The molecule has 2 aromatic rings. The number of carbonyl (C=O) groups excluding carboxylic acids is 2. The third-order valence-corrected chi connectivity index (χ3v) is 7.20. The van der Waals surface area contributed by atoms with Crippen molar-refractivity contribution in [2.75, 3.05) is 37.6 Å². The molecular formula is C26H31N3O6. The molecule has 0 radical (unpaired) electrons. The zero-order valence-corrected chi connectivity index (χ0v) is 20.5. The molecule has 3 atom stereocenters. The molecule has 2 aromatic carbocycles. The van der Waals surface area contributed by atoms with Crippen LogP contribution in [0.15, 0.2) is 36.4 Å². The Bertz CT molecular complexity index is 1150. The van der Waals surface area contributed by atoms with Crippen molar-refractivity contribution in [2.45, 2.75) is 32.6 Å². The van der Waals surface area contributed by atoms with Gasteiger partial charge >= 0.3 is 0 Å². The lowest BCUT2D eigenvalue weighted by atomic mass is 9.76. The first-order valence-corrected chi connectivity index (χ1v) is 11.8. The van der Waals surface area contributed by atoms with Gasteiger partial charge in [0, 0.05) is 19.7 Å². The van der Waals surface area contributed by atoms with Crippen molar-refractivity contribution in [3.05, 3.63) is 52.1 Å². The van der Waals surface area contributed by atoms with Crippen LogP contribution in [0.3, 0.4) is 0 Å². The number of fused-ring (bicyclic) bond motifs is 1. The molecule has 9 heteroatoms. The van der Waals surface area contributed by atoms with Gasteiger partial charge in [-0.1, -0.05) is 13.0 Å². The van der Waals surface area contributed by atoms with Crippen LogP contribution in [0, 0.1) is 27.9 Å². The van der Waals surface area contributed by atoms with Crippen LogP contribution in [-0.4, -0.2) is 44.5 Å². The molecule has 0 unspecified atom stereocenters. The SMILES string of the molecule is COc1ccc(CCN(C)c2ccc(N3C(=O)[C@H]4C[C@H](C)CC[C@H]4C3=O)cc2[N+](=O)[O-])cc1OC. The predicted octanol–water partition coefficient (Wildman–Crippen LogP) is 4.22. The number of carbonyl (C=O) groups is 2. The molecule has 0 spiro atoms. The van der Waals surface area contributed by atoms with Gasteiger partial charge in [0.2, 0.25) is 11.8 Å². The highest BCUT2D eigenvalue weighted by atomic mass is 16.6. The van der Waals surface area contributed by atoms with Crippen molar-refractivity contribution in [1.82, 2.24) is 0 Å². The molecule has 1 aliphatic carbocycles. The standard InChI is InChI=1S/C26H31N3O6/c1-16-5-8-19-20(13-16)26(31)28(25(19)30)18-7-9-21(22(15-18)29(32)33)27(2)12-11-17-6-10-23(34-3)24(14-17)35-4/h6-7,9-10,14-16,19-20H,5,8,11-13H2,1-4H3/t16-,19-,20+/m1/s1. The number of benzene rings is 2. The van der Waals surface area contributed by atoms with Gasteiger partial charge < -0.3 is 14.4 Å². The number of methoxy groups -OCH3 is 2. The fourth-order valence-corrected chi connectivity index (χ4v) is 5.22. The molecule has 4 rings (SSSR count). The number of nitro groups is 1.